The van der Waals surface area contributed by atoms with Crippen LogP contribution in [0.1, 0.15) is 35.6 Å². The summed E-state index contributed by atoms with van der Waals surface area (Å²) in [6, 6.07) is 27.5. The van der Waals surface area contributed by atoms with Crippen LogP contribution in [0.3, 0.4) is 0 Å². The normalized spacial score (nSPS) is 19.2. The molecule has 1 saturated heterocycles. The van der Waals surface area contributed by atoms with Crippen LogP contribution in [0.25, 0.3) is 0 Å². The van der Waals surface area contributed by atoms with Gasteiger partial charge in [-0.15, -0.1) is 0 Å². The first-order valence-corrected chi connectivity index (χ1v) is 10.9. The van der Waals surface area contributed by atoms with E-state index in [4.69, 9.17) is 0 Å². The zero-order chi connectivity index (χ0) is 21.6. The summed E-state index contributed by atoms with van der Waals surface area (Å²) < 4.78 is 13.4. The maximum absolute atomic E-state index is 13.4. The smallest absolute Gasteiger partial charge is 0.227 e. The highest BCUT2D eigenvalue weighted by molar-refractivity contribution is 5.79. The molecule has 0 unspecified atom stereocenters. The minimum absolute atomic E-state index is 0.0332. The SMILES string of the molecule is CN(Cc1ccccc1)C(=O)[C@@H]1CC[C@@H](c2ccccc2)N(Cc2ccc(F)cc2)C1. The molecule has 4 heteroatoms. The Labute approximate surface area is 184 Å². The van der Waals surface area contributed by atoms with Crippen LogP contribution >= 0.6 is 0 Å². The highest BCUT2D eigenvalue weighted by atomic mass is 19.1. The molecule has 160 valence electrons. The van der Waals surface area contributed by atoms with Gasteiger partial charge in [-0.1, -0.05) is 72.8 Å². The van der Waals surface area contributed by atoms with E-state index in [1.807, 2.05) is 48.3 Å². The second-order valence-electron chi connectivity index (χ2n) is 8.44. The van der Waals surface area contributed by atoms with Crippen molar-refractivity contribution in [3.05, 3.63) is 107 Å². The second-order valence-corrected chi connectivity index (χ2v) is 8.44. The third-order valence-electron chi connectivity index (χ3n) is 6.16. The molecule has 0 radical (unpaired) electrons. The fourth-order valence-electron chi connectivity index (χ4n) is 4.54. The van der Waals surface area contributed by atoms with Crippen molar-refractivity contribution in [3.63, 3.8) is 0 Å². The Morgan fingerprint density at radius 3 is 2.23 bits per heavy atom. The quantitative estimate of drug-likeness (QED) is 0.534. The van der Waals surface area contributed by atoms with Crippen molar-refractivity contribution in [1.82, 2.24) is 9.80 Å². The van der Waals surface area contributed by atoms with Crippen LogP contribution in [0.5, 0.6) is 0 Å². The van der Waals surface area contributed by atoms with Crippen LogP contribution in [-0.2, 0) is 17.9 Å². The number of benzene rings is 3. The molecule has 1 fully saturated rings. The minimum Gasteiger partial charge on any atom is -0.341 e. The number of hydrogen-bond acceptors (Lipinski definition) is 2. The summed E-state index contributed by atoms with van der Waals surface area (Å²) in [5.74, 6) is -0.0637. The van der Waals surface area contributed by atoms with Gasteiger partial charge in [-0.25, -0.2) is 4.39 Å². The molecular weight excluding hydrogens is 387 g/mol. The van der Waals surface area contributed by atoms with Crippen molar-refractivity contribution in [2.24, 2.45) is 5.92 Å². The van der Waals surface area contributed by atoms with Gasteiger partial charge in [0.1, 0.15) is 5.82 Å². The minimum atomic E-state index is -0.224. The number of amides is 1. The zero-order valence-electron chi connectivity index (χ0n) is 18.0. The number of likely N-dealkylation sites (tertiary alicyclic amines) is 1. The first-order valence-electron chi connectivity index (χ1n) is 10.9. The fraction of sp³-hybridized carbons (Fsp3) is 0.296. The molecule has 1 aliphatic rings. The van der Waals surface area contributed by atoms with Crippen molar-refractivity contribution < 1.29 is 9.18 Å². The van der Waals surface area contributed by atoms with E-state index in [0.717, 1.165) is 24.0 Å². The predicted molar refractivity (Wildman–Crippen MR) is 122 cm³/mol. The molecule has 0 N–H and O–H groups in total. The third kappa shape index (κ3) is 5.39. The molecule has 31 heavy (non-hydrogen) atoms. The maximum atomic E-state index is 13.4. The van der Waals surface area contributed by atoms with Gasteiger partial charge >= 0.3 is 0 Å². The lowest BCUT2D eigenvalue weighted by atomic mass is 9.87. The van der Waals surface area contributed by atoms with Crippen molar-refractivity contribution in [1.29, 1.82) is 0 Å². The largest absolute Gasteiger partial charge is 0.341 e. The van der Waals surface area contributed by atoms with Gasteiger partial charge in [0, 0.05) is 32.7 Å². The molecule has 2 atom stereocenters. The molecule has 0 aliphatic carbocycles. The monoisotopic (exact) mass is 416 g/mol. The predicted octanol–water partition coefficient (Wildman–Crippen LogP) is 5.44. The summed E-state index contributed by atoms with van der Waals surface area (Å²) in [5, 5.41) is 0. The zero-order valence-corrected chi connectivity index (χ0v) is 18.0. The highest BCUT2D eigenvalue weighted by Crippen LogP contribution is 2.35. The van der Waals surface area contributed by atoms with Crippen molar-refractivity contribution in [3.8, 4) is 0 Å². The van der Waals surface area contributed by atoms with Crippen LogP contribution in [0.15, 0.2) is 84.9 Å². The Balaban J connectivity index is 1.49. The van der Waals surface area contributed by atoms with E-state index in [9.17, 15) is 9.18 Å². The van der Waals surface area contributed by atoms with Crippen LogP contribution in [0.2, 0.25) is 0 Å². The summed E-state index contributed by atoms with van der Waals surface area (Å²) >= 11 is 0. The van der Waals surface area contributed by atoms with Gasteiger partial charge in [0.2, 0.25) is 5.91 Å². The van der Waals surface area contributed by atoms with Gasteiger partial charge in [-0.05, 0) is 41.7 Å². The molecule has 1 aliphatic heterocycles. The van der Waals surface area contributed by atoms with E-state index in [0.29, 0.717) is 19.6 Å². The Morgan fingerprint density at radius 2 is 1.55 bits per heavy atom. The van der Waals surface area contributed by atoms with Crippen LogP contribution in [0.4, 0.5) is 4.39 Å². The summed E-state index contributed by atoms with van der Waals surface area (Å²) in [4.78, 5) is 17.5. The van der Waals surface area contributed by atoms with E-state index in [2.05, 4.69) is 41.3 Å². The lowest BCUT2D eigenvalue weighted by Gasteiger charge is -2.40. The van der Waals surface area contributed by atoms with Crippen molar-refractivity contribution in [2.75, 3.05) is 13.6 Å². The molecule has 3 aromatic carbocycles. The molecule has 0 saturated carbocycles. The number of carbonyl (C=O) groups excluding carboxylic acids is 1. The topological polar surface area (TPSA) is 23.6 Å². The molecule has 3 aromatic rings. The first-order chi connectivity index (χ1) is 15.1. The van der Waals surface area contributed by atoms with E-state index >= 15 is 0 Å². The molecule has 0 bridgehead atoms. The average molecular weight is 417 g/mol. The van der Waals surface area contributed by atoms with Crippen molar-refractivity contribution in [2.45, 2.75) is 32.0 Å². The molecule has 1 heterocycles. The first kappa shape index (κ1) is 21.3. The Hall–Kier alpha value is -2.98. The van der Waals surface area contributed by atoms with Crippen LogP contribution < -0.4 is 0 Å². The summed E-state index contributed by atoms with van der Waals surface area (Å²) in [6.45, 7) is 2.02. The number of nitrogens with zero attached hydrogens (tertiary/aromatic N) is 2. The van der Waals surface area contributed by atoms with E-state index in [1.54, 1.807) is 0 Å². The van der Waals surface area contributed by atoms with Gasteiger partial charge in [0.15, 0.2) is 0 Å². The standard InChI is InChI=1S/C27H29FN2O/c1-29(18-21-8-4-2-5-9-21)27(31)24-14-17-26(23-10-6-3-7-11-23)30(20-24)19-22-12-15-25(28)16-13-22/h2-13,15-16,24,26H,14,17-20H2,1H3/t24-,26+/m1/s1. The van der Waals surface area contributed by atoms with Gasteiger partial charge in [0.25, 0.3) is 0 Å². The van der Waals surface area contributed by atoms with Gasteiger partial charge in [-0.3, -0.25) is 9.69 Å². The summed E-state index contributed by atoms with van der Waals surface area (Å²) in [7, 11) is 1.89. The van der Waals surface area contributed by atoms with Gasteiger partial charge in [0.05, 0.1) is 5.92 Å². The second kappa shape index (κ2) is 9.88. The van der Waals surface area contributed by atoms with E-state index < -0.39 is 0 Å². The number of hydrogen-bond donors (Lipinski definition) is 0. The number of carbonyl (C=O) groups is 1. The molecule has 0 aromatic heterocycles. The number of rotatable bonds is 6. The maximum Gasteiger partial charge on any atom is 0.227 e. The fourth-order valence-corrected chi connectivity index (χ4v) is 4.54. The van der Waals surface area contributed by atoms with Crippen molar-refractivity contribution >= 4 is 5.91 Å². The summed E-state index contributed by atoms with van der Waals surface area (Å²) in [5.41, 5.74) is 3.47. The molecule has 1 amide bonds. The average Bonchev–Trinajstić information content (AvgIpc) is 2.81. The van der Waals surface area contributed by atoms with Crippen LogP contribution in [0, 0.1) is 11.7 Å². The van der Waals surface area contributed by atoms with E-state index in [-0.39, 0.29) is 23.7 Å². The van der Waals surface area contributed by atoms with Crippen LogP contribution in [-0.4, -0.2) is 29.3 Å². The number of piperidine rings is 1. The molecule has 3 nitrogen and oxygen atoms in total. The van der Waals surface area contributed by atoms with E-state index in [1.165, 1.54) is 17.7 Å². The Kier molecular flexibility index (Phi) is 6.78. The Bertz CT molecular complexity index is 975. The lowest BCUT2D eigenvalue weighted by Crippen LogP contribution is -2.44. The third-order valence-corrected chi connectivity index (χ3v) is 6.16. The molecule has 0 spiro atoms. The van der Waals surface area contributed by atoms with Gasteiger partial charge in [-0.2, -0.15) is 0 Å². The Morgan fingerprint density at radius 1 is 0.903 bits per heavy atom. The summed E-state index contributed by atoms with van der Waals surface area (Å²) in [6.07, 6.45) is 1.80. The highest BCUT2D eigenvalue weighted by Gasteiger charge is 2.34. The molecular formula is C27H29FN2O. The van der Waals surface area contributed by atoms with Gasteiger partial charge < -0.3 is 4.90 Å². The lowest BCUT2D eigenvalue weighted by molar-refractivity contribution is -0.137. The number of halogens is 1. The molecule has 4 rings (SSSR count).